The minimum atomic E-state index is 1.06. The fraction of sp³-hybridized carbons (Fsp3) is 0.267. The van der Waals surface area contributed by atoms with Gasteiger partial charge in [-0.3, -0.25) is 0 Å². The van der Waals surface area contributed by atoms with Crippen LogP contribution in [0.4, 0.5) is 0 Å². The van der Waals surface area contributed by atoms with Crippen molar-refractivity contribution in [2.24, 2.45) is 0 Å². The first kappa shape index (κ1) is 12.4. The van der Waals surface area contributed by atoms with Gasteiger partial charge >= 0.3 is 0 Å². The molecule has 0 spiro atoms. The molecule has 98 valence electrons. The predicted octanol–water partition coefficient (Wildman–Crippen LogP) is 3.40. The Balaban J connectivity index is 1.98. The van der Waals surface area contributed by atoms with Crippen molar-refractivity contribution in [2.45, 2.75) is 6.42 Å². The molecule has 2 aromatic heterocycles. The summed E-state index contributed by atoms with van der Waals surface area (Å²) in [7, 11) is 4.21. The second kappa shape index (κ2) is 5.15. The maximum atomic E-state index is 4.38. The highest BCUT2D eigenvalue weighted by atomic mass is 32.1. The van der Waals surface area contributed by atoms with Crippen LogP contribution < -0.4 is 0 Å². The molecule has 1 aromatic carbocycles. The third-order valence-electron chi connectivity index (χ3n) is 3.28. The van der Waals surface area contributed by atoms with Crippen LogP contribution in [0.5, 0.6) is 0 Å². The molecule has 4 heteroatoms. The number of rotatable bonds is 4. The van der Waals surface area contributed by atoms with E-state index in [-0.39, 0.29) is 0 Å². The molecule has 3 aromatic rings. The number of thiazole rings is 1. The summed E-state index contributed by atoms with van der Waals surface area (Å²) in [5.41, 5.74) is 3.78. The molecule has 3 rings (SSSR count). The molecule has 0 bridgehead atoms. The van der Waals surface area contributed by atoms with Crippen molar-refractivity contribution >= 4 is 22.2 Å². The third-order valence-corrected chi connectivity index (χ3v) is 4.10. The van der Waals surface area contributed by atoms with Crippen LogP contribution in [-0.4, -0.2) is 35.5 Å². The van der Waals surface area contributed by atoms with Crippen molar-refractivity contribution in [2.75, 3.05) is 20.6 Å². The van der Waals surface area contributed by atoms with E-state index in [1.165, 1.54) is 22.0 Å². The van der Waals surface area contributed by atoms with Crippen molar-refractivity contribution in [1.82, 2.24) is 14.9 Å². The number of likely N-dealkylation sites (N-methyl/N-ethyl adjacent to an activating group) is 1. The number of hydrogen-bond acceptors (Lipinski definition) is 3. The van der Waals surface area contributed by atoms with Crippen LogP contribution >= 0.6 is 11.3 Å². The normalized spacial score (nSPS) is 11.5. The fourth-order valence-corrected chi connectivity index (χ4v) is 2.86. The zero-order valence-electron chi connectivity index (χ0n) is 11.2. The second-order valence-corrected chi connectivity index (χ2v) is 5.86. The van der Waals surface area contributed by atoms with Gasteiger partial charge in [0.05, 0.1) is 0 Å². The number of nitrogens with zero attached hydrogens (tertiary/aromatic N) is 2. The molecule has 0 unspecified atom stereocenters. The molecule has 1 N–H and O–H groups in total. The van der Waals surface area contributed by atoms with Crippen molar-refractivity contribution in [3.63, 3.8) is 0 Å². The first-order valence-corrected chi connectivity index (χ1v) is 7.26. The molecular formula is C15H17N3S. The summed E-state index contributed by atoms with van der Waals surface area (Å²) >= 11 is 1.68. The van der Waals surface area contributed by atoms with Gasteiger partial charge in [0.2, 0.25) is 0 Å². The van der Waals surface area contributed by atoms with Crippen LogP contribution in [0.3, 0.4) is 0 Å². The highest BCUT2D eigenvalue weighted by molar-refractivity contribution is 7.13. The monoisotopic (exact) mass is 271 g/mol. The molecule has 0 aliphatic heterocycles. The van der Waals surface area contributed by atoms with Crippen molar-refractivity contribution in [3.8, 4) is 10.6 Å². The molecule has 0 amide bonds. The maximum absolute atomic E-state index is 4.38. The highest BCUT2D eigenvalue weighted by Gasteiger charge is 2.07. The summed E-state index contributed by atoms with van der Waals surface area (Å²) in [4.78, 5) is 9.94. The molecule has 19 heavy (non-hydrogen) atoms. The Morgan fingerprint density at radius 1 is 1.32 bits per heavy atom. The van der Waals surface area contributed by atoms with Gasteiger partial charge < -0.3 is 9.88 Å². The van der Waals surface area contributed by atoms with E-state index in [0.29, 0.717) is 0 Å². The highest BCUT2D eigenvalue weighted by Crippen LogP contribution is 2.27. The Morgan fingerprint density at radius 2 is 2.21 bits per heavy atom. The molecule has 0 aliphatic rings. The Morgan fingerprint density at radius 3 is 2.95 bits per heavy atom. The summed E-state index contributed by atoms with van der Waals surface area (Å²) in [5.74, 6) is 0. The van der Waals surface area contributed by atoms with Gasteiger partial charge in [0.25, 0.3) is 0 Å². The minimum absolute atomic E-state index is 1.06. The van der Waals surface area contributed by atoms with Gasteiger partial charge in [0.15, 0.2) is 0 Å². The van der Waals surface area contributed by atoms with Crippen LogP contribution in [0.2, 0.25) is 0 Å². The van der Waals surface area contributed by atoms with Crippen molar-refractivity contribution < 1.29 is 0 Å². The number of benzene rings is 1. The van der Waals surface area contributed by atoms with E-state index in [2.05, 4.69) is 53.4 Å². The van der Waals surface area contributed by atoms with Crippen LogP contribution in [0.15, 0.2) is 36.0 Å². The largest absolute Gasteiger partial charge is 0.361 e. The van der Waals surface area contributed by atoms with Crippen LogP contribution in [0.1, 0.15) is 5.56 Å². The number of nitrogens with one attached hydrogen (secondary N) is 1. The zero-order valence-corrected chi connectivity index (χ0v) is 12.0. The van der Waals surface area contributed by atoms with Gasteiger partial charge in [0, 0.05) is 40.8 Å². The molecule has 3 nitrogen and oxygen atoms in total. The number of hydrogen-bond donors (Lipinski definition) is 1. The summed E-state index contributed by atoms with van der Waals surface area (Å²) in [6, 6.07) is 6.52. The zero-order chi connectivity index (χ0) is 13.2. The summed E-state index contributed by atoms with van der Waals surface area (Å²) < 4.78 is 0. The molecule has 0 fully saturated rings. The number of fused-ring (bicyclic) bond motifs is 1. The molecule has 0 radical (unpaired) electrons. The average Bonchev–Trinajstić information content (AvgIpc) is 3.05. The quantitative estimate of drug-likeness (QED) is 0.788. The van der Waals surface area contributed by atoms with E-state index in [1.807, 2.05) is 11.6 Å². The number of H-pyrrole nitrogens is 1. The first-order valence-electron chi connectivity index (χ1n) is 6.38. The maximum Gasteiger partial charge on any atom is 0.123 e. The lowest BCUT2D eigenvalue weighted by molar-refractivity contribution is 0.414. The van der Waals surface area contributed by atoms with Crippen molar-refractivity contribution in [3.05, 3.63) is 41.5 Å². The standard InChI is InChI=1S/C15H17N3S/c1-18(2)7-5-12-10-17-14-4-3-11(9-13(12)14)15-16-6-8-19-15/h3-4,6,8-10,17H,5,7H2,1-2H3. The average molecular weight is 271 g/mol. The Kier molecular flexibility index (Phi) is 3.36. The molecule has 2 heterocycles. The van der Waals surface area contributed by atoms with E-state index in [9.17, 15) is 0 Å². The van der Waals surface area contributed by atoms with Crippen molar-refractivity contribution in [1.29, 1.82) is 0 Å². The van der Waals surface area contributed by atoms with E-state index in [0.717, 1.165) is 18.0 Å². The predicted molar refractivity (Wildman–Crippen MR) is 81.7 cm³/mol. The number of aromatic amines is 1. The number of aromatic nitrogens is 2. The summed E-state index contributed by atoms with van der Waals surface area (Å²) in [6.45, 7) is 1.06. The Labute approximate surface area is 116 Å². The SMILES string of the molecule is CN(C)CCc1c[nH]c2ccc(-c3nccs3)cc12. The smallest absolute Gasteiger partial charge is 0.123 e. The van der Waals surface area contributed by atoms with Gasteiger partial charge in [-0.25, -0.2) is 4.98 Å². The molecule has 0 saturated carbocycles. The summed E-state index contributed by atoms with van der Waals surface area (Å²) in [6.07, 6.45) is 5.04. The molecule has 0 saturated heterocycles. The van der Waals surface area contributed by atoms with E-state index < -0.39 is 0 Å². The first-order chi connectivity index (χ1) is 9.24. The van der Waals surface area contributed by atoms with Crippen LogP contribution in [0.25, 0.3) is 21.5 Å². The molecule has 0 atom stereocenters. The molecule has 0 aliphatic carbocycles. The van der Waals surface area contributed by atoms with E-state index in [4.69, 9.17) is 0 Å². The lowest BCUT2D eigenvalue weighted by atomic mass is 10.1. The van der Waals surface area contributed by atoms with Gasteiger partial charge in [-0.2, -0.15) is 0 Å². The van der Waals surface area contributed by atoms with E-state index >= 15 is 0 Å². The fourth-order valence-electron chi connectivity index (χ4n) is 2.23. The van der Waals surface area contributed by atoms with Gasteiger partial charge in [0.1, 0.15) is 5.01 Å². The van der Waals surface area contributed by atoms with Gasteiger partial charge in [-0.1, -0.05) is 0 Å². The second-order valence-electron chi connectivity index (χ2n) is 4.96. The molecular weight excluding hydrogens is 254 g/mol. The van der Waals surface area contributed by atoms with E-state index in [1.54, 1.807) is 11.3 Å². The van der Waals surface area contributed by atoms with Gasteiger partial charge in [-0.15, -0.1) is 11.3 Å². The Bertz CT molecular complexity index is 668. The lowest BCUT2D eigenvalue weighted by Gasteiger charge is -2.08. The van der Waals surface area contributed by atoms with Gasteiger partial charge in [-0.05, 0) is 44.3 Å². The third kappa shape index (κ3) is 2.55. The lowest BCUT2D eigenvalue weighted by Crippen LogP contribution is -2.14. The minimum Gasteiger partial charge on any atom is -0.361 e. The van der Waals surface area contributed by atoms with Crippen LogP contribution in [0, 0.1) is 0 Å². The Hall–Kier alpha value is -1.65. The van der Waals surface area contributed by atoms with Crippen LogP contribution in [-0.2, 0) is 6.42 Å². The summed E-state index contributed by atoms with van der Waals surface area (Å²) in [5, 5.41) is 4.42. The topological polar surface area (TPSA) is 31.9 Å².